The lowest BCUT2D eigenvalue weighted by Gasteiger charge is -2.11. The molecule has 0 amide bonds. The van der Waals surface area contributed by atoms with E-state index in [1.54, 1.807) is 36.4 Å². The molecule has 0 atom stereocenters. The van der Waals surface area contributed by atoms with Gasteiger partial charge in [0.2, 0.25) is 0 Å². The second-order valence-electron chi connectivity index (χ2n) is 6.36. The Morgan fingerprint density at radius 1 is 0.824 bits per heavy atom. The highest BCUT2D eigenvalue weighted by Crippen LogP contribution is 2.24. The molecule has 0 unspecified atom stereocenters. The maximum absolute atomic E-state index is 10.6. The van der Waals surface area contributed by atoms with Crippen LogP contribution < -0.4 is 9.47 Å². The van der Waals surface area contributed by atoms with Gasteiger partial charge < -0.3 is 9.47 Å². The Balaban J connectivity index is 2.10. The van der Waals surface area contributed by atoms with Gasteiger partial charge in [-0.15, -0.1) is 6.42 Å². The van der Waals surface area contributed by atoms with E-state index in [2.05, 4.69) is 31.1 Å². The third-order valence-corrected chi connectivity index (χ3v) is 4.67. The number of hydrogen-bond donors (Lipinski definition) is 2. The van der Waals surface area contributed by atoms with Gasteiger partial charge in [0.05, 0.1) is 32.0 Å². The first-order valence-electron chi connectivity index (χ1n) is 9.65. The zero-order valence-electron chi connectivity index (χ0n) is 17.7. The Hall–Kier alpha value is -3.17. The monoisotopic (exact) mass is 511 g/mol. The van der Waals surface area contributed by atoms with E-state index >= 15 is 0 Å². The molecule has 0 aliphatic carbocycles. The Morgan fingerprint density at radius 3 is 2.06 bits per heavy atom. The third kappa shape index (κ3) is 11.1. The molecule has 2 rings (SSSR count). The van der Waals surface area contributed by atoms with Gasteiger partial charge in [-0.05, 0) is 36.3 Å². The van der Waals surface area contributed by atoms with E-state index in [0.717, 1.165) is 0 Å². The fraction of sp³-hybridized carbons (Fsp3) is 0.286. The number of hydrogen-bond acceptors (Lipinski definition) is 9. The van der Waals surface area contributed by atoms with Crippen molar-refractivity contribution in [2.45, 2.75) is 12.8 Å². The summed E-state index contributed by atoms with van der Waals surface area (Å²) in [6.45, 7) is -0.353. The molecule has 0 fully saturated rings. The SMILES string of the molecule is C#Cc1cccc(C#Cc2cc(OCCCOS(=O)(=O)O)ccc2OCCCOS(=O)(=O)O)n1. The summed E-state index contributed by atoms with van der Waals surface area (Å²) in [5, 5.41) is 0. The molecule has 2 N–H and O–H groups in total. The lowest BCUT2D eigenvalue weighted by Crippen LogP contribution is -2.09. The van der Waals surface area contributed by atoms with Gasteiger partial charge in [-0.2, -0.15) is 16.8 Å². The molecule has 0 saturated carbocycles. The maximum atomic E-state index is 10.6. The summed E-state index contributed by atoms with van der Waals surface area (Å²) < 4.78 is 79.1. The third-order valence-electron chi connectivity index (χ3n) is 3.74. The van der Waals surface area contributed by atoms with E-state index in [1.165, 1.54) is 0 Å². The molecule has 0 aliphatic rings. The Kier molecular flexibility index (Phi) is 10.3. The highest BCUT2D eigenvalue weighted by Gasteiger charge is 2.08. The van der Waals surface area contributed by atoms with Crippen molar-refractivity contribution < 1.29 is 43.8 Å². The van der Waals surface area contributed by atoms with E-state index in [4.69, 9.17) is 25.0 Å². The van der Waals surface area contributed by atoms with Crippen LogP contribution in [0.5, 0.6) is 11.5 Å². The molecule has 34 heavy (non-hydrogen) atoms. The molecule has 1 heterocycles. The predicted octanol–water partition coefficient (Wildman–Crippen LogP) is 1.64. The molecule has 2 aromatic rings. The molecular formula is C21H21NO10S2. The van der Waals surface area contributed by atoms with Crippen molar-refractivity contribution in [3.8, 4) is 35.7 Å². The van der Waals surface area contributed by atoms with Crippen LogP contribution in [0.4, 0.5) is 0 Å². The molecule has 11 nitrogen and oxygen atoms in total. The number of ether oxygens (including phenoxy) is 2. The van der Waals surface area contributed by atoms with Gasteiger partial charge in [-0.25, -0.2) is 13.4 Å². The zero-order valence-corrected chi connectivity index (χ0v) is 19.3. The fourth-order valence-corrected chi connectivity index (χ4v) is 3.01. The van der Waals surface area contributed by atoms with Crippen LogP contribution in [0.1, 0.15) is 29.8 Å². The van der Waals surface area contributed by atoms with Gasteiger partial charge in [0.25, 0.3) is 0 Å². The van der Waals surface area contributed by atoms with Crippen molar-refractivity contribution in [2.75, 3.05) is 26.4 Å². The molecule has 0 bridgehead atoms. The van der Waals surface area contributed by atoms with Crippen molar-refractivity contribution >= 4 is 20.8 Å². The van der Waals surface area contributed by atoms with Gasteiger partial charge in [0, 0.05) is 12.8 Å². The summed E-state index contributed by atoms with van der Waals surface area (Å²) in [7, 11) is -9.03. The van der Waals surface area contributed by atoms with Crippen molar-refractivity contribution in [3.63, 3.8) is 0 Å². The van der Waals surface area contributed by atoms with Crippen LogP contribution in [0.3, 0.4) is 0 Å². The first kappa shape index (κ1) is 27.1. The summed E-state index contributed by atoms with van der Waals surface area (Å²) in [6, 6.07) is 9.82. The molecule has 0 aliphatic heterocycles. The van der Waals surface area contributed by atoms with Crippen LogP contribution in [0.2, 0.25) is 0 Å². The second kappa shape index (κ2) is 12.9. The van der Waals surface area contributed by atoms with Crippen LogP contribution in [0.25, 0.3) is 0 Å². The number of nitrogens with zero attached hydrogens (tertiary/aromatic N) is 1. The normalized spacial score (nSPS) is 11.2. The average Bonchev–Trinajstić information content (AvgIpc) is 2.76. The number of terminal acetylenes is 1. The van der Waals surface area contributed by atoms with Crippen molar-refractivity contribution in [2.24, 2.45) is 0 Å². The van der Waals surface area contributed by atoms with Gasteiger partial charge in [0.15, 0.2) is 0 Å². The van der Waals surface area contributed by atoms with Crippen LogP contribution >= 0.6 is 0 Å². The van der Waals surface area contributed by atoms with E-state index in [1.807, 2.05) is 0 Å². The zero-order chi connectivity index (χ0) is 25.0. The molecule has 0 spiro atoms. The van der Waals surface area contributed by atoms with Gasteiger partial charge >= 0.3 is 20.8 Å². The molecule has 1 aromatic heterocycles. The average molecular weight is 512 g/mol. The maximum Gasteiger partial charge on any atom is 0.397 e. The van der Waals surface area contributed by atoms with Crippen LogP contribution in [-0.2, 0) is 29.2 Å². The minimum Gasteiger partial charge on any atom is -0.493 e. The van der Waals surface area contributed by atoms with E-state index in [9.17, 15) is 16.8 Å². The predicted molar refractivity (Wildman–Crippen MR) is 120 cm³/mol. The largest absolute Gasteiger partial charge is 0.493 e. The summed E-state index contributed by atoms with van der Waals surface area (Å²) in [5.41, 5.74) is 1.28. The summed E-state index contributed by atoms with van der Waals surface area (Å²) >= 11 is 0. The first-order chi connectivity index (χ1) is 16.1. The van der Waals surface area contributed by atoms with Crippen LogP contribution in [0.15, 0.2) is 36.4 Å². The number of pyridine rings is 1. The number of aromatic nitrogens is 1. The van der Waals surface area contributed by atoms with Crippen molar-refractivity contribution in [1.82, 2.24) is 4.98 Å². The number of benzene rings is 1. The summed E-state index contributed by atoms with van der Waals surface area (Å²) in [4.78, 5) is 4.20. The molecule has 0 radical (unpaired) electrons. The molecule has 182 valence electrons. The second-order valence-corrected chi connectivity index (χ2v) is 8.55. The summed E-state index contributed by atoms with van der Waals surface area (Å²) in [6.07, 6.45) is 5.71. The molecule has 13 heteroatoms. The Labute approximate surface area is 197 Å². The lowest BCUT2D eigenvalue weighted by atomic mass is 10.2. The first-order valence-corrected chi connectivity index (χ1v) is 12.4. The van der Waals surface area contributed by atoms with Crippen molar-refractivity contribution in [1.29, 1.82) is 0 Å². The van der Waals surface area contributed by atoms with Gasteiger partial charge in [0.1, 0.15) is 22.9 Å². The smallest absolute Gasteiger partial charge is 0.397 e. The minimum absolute atomic E-state index is 0.0716. The Morgan fingerprint density at radius 2 is 1.44 bits per heavy atom. The highest BCUT2D eigenvalue weighted by atomic mass is 32.3. The van der Waals surface area contributed by atoms with Gasteiger partial charge in [-0.3, -0.25) is 9.11 Å². The fourth-order valence-electron chi connectivity index (χ4n) is 2.36. The number of rotatable bonds is 12. The molecule has 1 aromatic carbocycles. The van der Waals surface area contributed by atoms with Crippen LogP contribution in [0, 0.1) is 24.2 Å². The standard InChI is InChI=1S/C21H21NO10S2/c1-2-18-6-3-7-19(22-18)9-8-17-16-20(29-12-4-14-31-33(23,24)25)10-11-21(17)30-13-5-15-32-34(26,27)28/h1,3,6-7,10-11,16H,4-5,12-15H2,(H,23,24,25)(H,26,27,28). The van der Waals surface area contributed by atoms with Gasteiger partial charge in [-0.1, -0.05) is 17.9 Å². The molecular weight excluding hydrogens is 490 g/mol. The van der Waals surface area contributed by atoms with Crippen molar-refractivity contribution in [3.05, 3.63) is 53.3 Å². The highest BCUT2D eigenvalue weighted by molar-refractivity contribution is 7.81. The van der Waals surface area contributed by atoms with E-state index in [0.29, 0.717) is 28.5 Å². The minimum atomic E-state index is -4.52. The Bertz CT molecular complexity index is 1290. The quantitative estimate of drug-likeness (QED) is 0.242. The summed E-state index contributed by atoms with van der Waals surface area (Å²) in [5.74, 6) is 8.99. The van der Waals surface area contributed by atoms with E-state index in [-0.39, 0.29) is 39.3 Å². The van der Waals surface area contributed by atoms with E-state index < -0.39 is 20.8 Å². The van der Waals surface area contributed by atoms with Crippen LogP contribution in [-0.4, -0.2) is 57.4 Å². The molecule has 0 saturated heterocycles. The topological polar surface area (TPSA) is 159 Å². The lowest BCUT2D eigenvalue weighted by molar-refractivity contribution is 0.225.